The highest BCUT2D eigenvalue weighted by Crippen LogP contribution is 2.29. The summed E-state index contributed by atoms with van der Waals surface area (Å²) in [6, 6.07) is 17.4. The van der Waals surface area contributed by atoms with E-state index in [0.29, 0.717) is 5.56 Å². The van der Waals surface area contributed by atoms with E-state index < -0.39 is 0 Å². The summed E-state index contributed by atoms with van der Waals surface area (Å²) in [6.45, 7) is 1.95. The fourth-order valence-corrected chi connectivity index (χ4v) is 2.39. The number of nitrogens with zero attached hydrogens (tertiary/aromatic N) is 2. The summed E-state index contributed by atoms with van der Waals surface area (Å²) in [5.74, 6) is 0.781. The number of fused-ring (bicyclic) bond motifs is 1. The van der Waals surface area contributed by atoms with Crippen molar-refractivity contribution in [3.8, 4) is 11.8 Å². The Morgan fingerprint density at radius 1 is 1.14 bits per heavy atom. The molecule has 0 atom stereocenters. The molecule has 4 heteroatoms. The zero-order chi connectivity index (χ0) is 15.5. The Labute approximate surface area is 129 Å². The number of pyridine rings is 1. The fraction of sp³-hybridized carbons (Fsp3) is 0.111. The molecule has 0 amide bonds. The fourth-order valence-electron chi connectivity index (χ4n) is 2.39. The molecular weight excluding hydrogens is 274 g/mol. The van der Waals surface area contributed by atoms with Gasteiger partial charge in [-0.2, -0.15) is 5.26 Å². The zero-order valence-corrected chi connectivity index (χ0v) is 12.4. The largest absolute Gasteiger partial charge is 0.497 e. The topological polar surface area (TPSA) is 57.9 Å². The second kappa shape index (κ2) is 5.74. The van der Waals surface area contributed by atoms with Crippen LogP contribution in [0.25, 0.3) is 10.9 Å². The third-order valence-electron chi connectivity index (χ3n) is 3.42. The van der Waals surface area contributed by atoms with Gasteiger partial charge in [0.2, 0.25) is 0 Å². The normalized spacial score (nSPS) is 10.2. The van der Waals surface area contributed by atoms with Crippen molar-refractivity contribution in [2.24, 2.45) is 0 Å². The van der Waals surface area contributed by atoms with Gasteiger partial charge in [-0.05, 0) is 43.3 Å². The summed E-state index contributed by atoms with van der Waals surface area (Å²) in [4.78, 5) is 4.55. The van der Waals surface area contributed by atoms with Crippen molar-refractivity contribution in [3.05, 3.63) is 59.8 Å². The third-order valence-corrected chi connectivity index (χ3v) is 3.42. The van der Waals surface area contributed by atoms with Crippen LogP contribution >= 0.6 is 0 Å². The Balaban J connectivity index is 2.08. The van der Waals surface area contributed by atoms with Crippen molar-refractivity contribution < 1.29 is 4.74 Å². The summed E-state index contributed by atoms with van der Waals surface area (Å²) in [5.41, 5.74) is 4.25. The number of nitrogens with one attached hydrogen (secondary N) is 1. The molecule has 22 heavy (non-hydrogen) atoms. The molecular formula is C18H15N3O. The molecule has 3 aromatic rings. The number of hydrogen-bond donors (Lipinski definition) is 1. The highest BCUT2D eigenvalue weighted by molar-refractivity contribution is 5.94. The van der Waals surface area contributed by atoms with Gasteiger partial charge in [-0.3, -0.25) is 4.98 Å². The van der Waals surface area contributed by atoms with E-state index in [0.717, 1.165) is 33.7 Å². The first kappa shape index (κ1) is 13.9. The summed E-state index contributed by atoms with van der Waals surface area (Å²) in [7, 11) is 1.64. The van der Waals surface area contributed by atoms with Gasteiger partial charge in [-0.25, -0.2) is 0 Å². The molecule has 108 valence electrons. The first-order chi connectivity index (χ1) is 10.7. The number of aryl methyl sites for hydroxylation is 1. The van der Waals surface area contributed by atoms with Crippen molar-refractivity contribution in [2.45, 2.75) is 6.92 Å². The molecule has 0 aliphatic heterocycles. The van der Waals surface area contributed by atoms with Gasteiger partial charge in [0.05, 0.1) is 24.3 Å². The molecule has 1 aromatic heterocycles. The third kappa shape index (κ3) is 2.70. The minimum atomic E-state index is 0.627. The maximum atomic E-state index is 9.00. The summed E-state index contributed by atoms with van der Waals surface area (Å²) in [6.07, 6.45) is 0. The lowest BCUT2D eigenvalue weighted by molar-refractivity contribution is 0.415. The van der Waals surface area contributed by atoms with Gasteiger partial charge < -0.3 is 10.1 Å². The van der Waals surface area contributed by atoms with Gasteiger partial charge >= 0.3 is 0 Å². The van der Waals surface area contributed by atoms with E-state index in [1.807, 2.05) is 49.4 Å². The van der Waals surface area contributed by atoms with Gasteiger partial charge in [0, 0.05) is 28.5 Å². The van der Waals surface area contributed by atoms with Crippen LogP contribution in [-0.2, 0) is 0 Å². The van der Waals surface area contributed by atoms with E-state index in [1.54, 1.807) is 13.2 Å². The number of hydrogen-bond acceptors (Lipinski definition) is 4. The highest BCUT2D eigenvalue weighted by atomic mass is 16.5. The maximum absolute atomic E-state index is 9.00. The Morgan fingerprint density at radius 3 is 2.77 bits per heavy atom. The lowest BCUT2D eigenvalue weighted by Crippen LogP contribution is -1.95. The lowest BCUT2D eigenvalue weighted by Gasteiger charge is -2.12. The first-order valence-corrected chi connectivity index (χ1v) is 6.92. The second-order valence-electron chi connectivity index (χ2n) is 5.01. The number of ether oxygens (including phenoxy) is 1. The van der Waals surface area contributed by atoms with E-state index in [-0.39, 0.29) is 0 Å². The Morgan fingerprint density at radius 2 is 2.00 bits per heavy atom. The van der Waals surface area contributed by atoms with Gasteiger partial charge in [-0.15, -0.1) is 0 Å². The standard InChI is InChI=1S/C18H15N3O/c1-12-8-17(21-14-5-3-4-13(9-14)11-19)16-7-6-15(22-2)10-18(16)20-12/h3-10H,1-2H3,(H,20,21). The molecule has 4 nitrogen and oxygen atoms in total. The van der Waals surface area contributed by atoms with Crippen LogP contribution < -0.4 is 10.1 Å². The number of aromatic nitrogens is 1. The molecule has 0 aliphatic rings. The quantitative estimate of drug-likeness (QED) is 0.786. The van der Waals surface area contributed by atoms with Crippen molar-refractivity contribution in [2.75, 3.05) is 12.4 Å². The summed E-state index contributed by atoms with van der Waals surface area (Å²) in [5, 5.41) is 13.4. The molecule has 0 saturated carbocycles. The molecule has 0 aliphatic carbocycles. The van der Waals surface area contributed by atoms with Crippen LogP contribution in [-0.4, -0.2) is 12.1 Å². The summed E-state index contributed by atoms with van der Waals surface area (Å²) < 4.78 is 5.25. The van der Waals surface area contributed by atoms with Gasteiger partial charge in [0.25, 0.3) is 0 Å². The van der Waals surface area contributed by atoms with Crippen LogP contribution in [0.4, 0.5) is 11.4 Å². The predicted molar refractivity (Wildman–Crippen MR) is 87.5 cm³/mol. The average molecular weight is 289 g/mol. The molecule has 3 rings (SSSR count). The molecule has 0 spiro atoms. The van der Waals surface area contributed by atoms with Crippen LogP contribution in [0.1, 0.15) is 11.3 Å². The number of rotatable bonds is 3. The molecule has 0 unspecified atom stereocenters. The minimum absolute atomic E-state index is 0.627. The van der Waals surface area contributed by atoms with E-state index in [1.165, 1.54) is 0 Å². The number of benzene rings is 2. The number of anilines is 2. The van der Waals surface area contributed by atoms with Crippen LogP contribution in [0.2, 0.25) is 0 Å². The van der Waals surface area contributed by atoms with Crippen molar-refractivity contribution in [1.29, 1.82) is 5.26 Å². The average Bonchev–Trinajstić information content (AvgIpc) is 2.54. The summed E-state index contributed by atoms with van der Waals surface area (Å²) >= 11 is 0. The predicted octanol–water partition coefficient (Wildman–Crippen LogP) is 4.17. The van der Waals surface area contributed by atoms with Gasteiger partial charge in [0.15, 0.2) is 0 Å². The Bertz CT molecular complexity index is 881. The van der Waals surface area contributed by atoms with Gasteiger partial charge in [-0.1, -0.05) is 6.07 Å². The van der Waals surface area contributed by atoms with Crippen LogP contribution in [0.3, 0.4) is 0 Å². The Kier molecular flexibility index (Phi) is 3.63. The van der Waals surface area contributed by atoms with Crippen molar-refractivity contribution >= 4 is 22.3 Å². The minimum Gasteiger partial charge on any atom is -0.497 e. The Hall–Kier alpha value is -3.06. The van der Waals surface area contributed by atoms with E-state index in [4.69, 9.17) is 10.00 Å². The molecule has 0 fully saturated rings. The van der Waals surface area contributed by atoms with Crippen LogP contribution in [0.5, 0.6) is 5.75 Å². The molecule has 0 radical (unpaired) electrons. The highest BCUT2D eigenvalue weighted by Gasteiger charge is 2.06. The monoisotopic (exact) mass is 289 g/mol. The maximum Gasteiger partial charge on any atom is 0.121 e. The molecule has 1 heterocycles. The van der Waals surface area contributed by atoms with Crippen molar-refractivity contribution in [3.63, 3.8) is 0 Å². The van der Waals surface area contributed by atoms with Gasteiger partial charge in [0.1, 0.15) is 5.75 Å². The number of nitriles is 1. The second-order valence-corrected chi connectivity index (χ2v) is 5.01. The van der Waals surface area contributed by atoms with E-state index in [2.05, 4.69) is 16.4 Å². The molecule has 0 bridgehead atoms. The smallest absolute Gasteiger partial charge is 0.121 e. The van der Waals surface area contributed by atoms with Crippen LogP contribution in [0.15, 0.2) is 48.5 Å². The van der Waals surface area contributed by atoms with E-state index >= 15 is 0 Å². The van der Waals surface area contributed by atoms with E-state index in [9.17, 15) is 0 Å². The van der Waals surface area contributed by atoms with Crippen LogP contribution in [0, 0.1) is 18.3 Å². The lowest BCUT2D eigenvalue weighted by atomic mass is 10.1. The number of methoxy groups -OCH3 is 1. The molecule has 1 N–H and O–H groups in total. The SMILES string of the molecule is COc1ccc2c(Nc3cccc(C#N)c3)cc(C)nc2c1. The zero-order valence-electron chi connectivity index (χ0n) is 12.4. The first-order valence-electron chi connectivity index (χ1n) is 6.92. The molecule has 2 aromatic carbocycles. The molecule has 0 saturated heterocycles. The van der Waals surface area contributed by atoms with Crippen molar-refractivity contribution in [1.82, 2.24) is 4.98 Å².